The van der Waals surface area contributed by atoms with Gasteiger partial charge in [0.2, 0.25) is 0 Å². The van der Waals surface area contributed by atoms with Crippen LogP contribution in [0.25, 0.3) is 0 Å². The lowest BCUT2D eigenvalue weighted by atomic mass is 10.0. The van der Waals surface area contributed by atoms with Crippen molar-refractivity contribution in [2.75, 3.05) is 7.11 Å². The van der Waals surface area contributed by atoms with Crippen LogP contribution in [-0.2, 0) is 4.18 Å². The standard InChI is InChI=1S/C9H16OS2/c1-9(6-7-9)5-3-4-8(11)12-10-2/h3-7H2,1-2H3. The van der Waals surface area contributed by atoms with Crippen LogP contribution in [0.3, 0.4) is 0 Å². The maximum Gasteiger partial charge on any atom is 0.0756 e. The molecule has 0 amide bonds. The summed E-state index contributed by atoms with van der Waals surface area (Å²) in [4.78, 5) is 0. The summed E-state index contributed by atoms with van der Waals surface area (Å²) in [6.45, 7) is 2.36. The summed E-state index contributed by atoms with van der Waals surface area (Å²) >= 11 is 6.43. The Kier molecular flexibility index (Phi) is 4.00. The molecule has 70 valence electrons. The minimum atomic E-state index is 0.674. The number of hydrogen-bond donors (Lipinski definition) is 0. The number of rotatable bonds is 5. The lowest BCUT2D eigenvalue weighted by molar-refractivity contribution is 0.492. The van der Waals surface area contributed by atoms with Gasteiger partial charge in [0.05, 0.1) is 11.3 Å². The summed E-state index contributed by atoms with van der Waals surface area (Å²) in [5.41, 5.74) is 0.674. The molecule has 0 aliphatic heterocycles. The third kappa shape index (κ3) is 3.87. The Labute approximate surface area is 84.5 Å². The van der Waals surface area contributed by atoms with E-state index in [0.717, 1.165) is 10.6 Å². The Hall–Kier alpha value is 0.400. The van der Waals surface area contributed by atoms with Crippen molar-refractivity contribution < 1.29 is 4.18 Å². The summed E-state index contributed by atoms with van der Waals surface area (Å²) in [6, 6.07) is 0. The first-order valence-electron chi connectivity index (χ1n) is 4.40. The molecule has 0 saturated heterocycles. The summed E-state index contributed by atoms with van der Waals surface area (Å²) in [6.07, 6.45) is 6.42. The van der Waals surface area contributed by atoms with Crippen LogP contribution in [-0.4, -0.2) is 11.3 Å². The fourth-order valence-corrected chi connectivity index (χ4v) is 2.02. The molecule has 0 aromatic carbocycles. The predicted octanol–water partition coefficient (Wildman–Crippen LogP) is 3.58. The van der Waals surface area contributed by atoms with E-state index in [9.17, 15) is 0 Å². The van der Waals surface area contributed by atoms with Gasteiger partial charge in [-0.2, -0.15) is 0 Å². The third-order valence-corrected chi connectivity index (χ3v) is 3.41. The van der Waals surface area contributed by atoms with Gasteiger partial charge in [-0.3, -0.25) is 0 Å². The quantitative estimate of drug-likeness (QED) is 0.500. The van der Waals surface area contributed by atoms with Crippen LogP contribution < -0.4 is 0 Å². The highest BCUT2D eigenvalue weighted by atomic mass is 32.2. The van der Waals surface area contributed by atoms with Crippen LogP contribution in [0.2, 0.25) is 0 Å². The van der Waals surface area contributed by atoms with Crippen molar-refractivity contribution in [2.45, 2.75) is 39.0 Å². The van der Waals surface area contributed by atoms with Crippen LogP contribution in [0.15, 0.2) is 0 Å². The van der Waals surface area contributed by atoms with E-state index in [-0.39, 0.29) is 0 Å². The lowest BCUT2D eigenvalue weighted by Gasteiger charge is -2.06. The van der Waals surface area contributed by atoms with Gasteiger partial charge in [-0.25, -0.2) is 0 Å². The van der Waals surface area contributed by atoms with Crippen molar-refractivity contribution in [2.24, 2.45) is 5.41 Å². The summed E-state index contributed by atoms with van der Waals surface area (Å²) < 4.78 is 5.87. The topological polar surface area (TPSA) is 9.23 Å². The van der Waals surface area contributed by atoms with Gasteiger partial charge >= 0.3 is 0 Å². The van der Waals surface area contributed by atoms with E-state index >= 15 is 0 Å². The second-order valence-electron chi connectivity index (χ2n) is 3.79. The van der Waals surface area contributed by atoms with Gasteiger partial charge in [-0.15, -0.1) is 0 Å². The molecule has 0 radical (unpaired) electrons. The molecule has 1 nitrogen and oxygen atoms in total. The van der Waals surface area contributed by atoms with E-state index in [0.29, 0.717) is 5.41 Å². The molecule has 1 aliphatic rings. The second kappa shape index (κ2) is 4.58. The summed E-state index contributed by atoms with van der Waals surface area (Å²) in [7, 11) is 1.67. The van der Waals surface area contributed by atoms with Crippen molar-refractivity contribution in [3.8, 4) is 0 Å². The van der Waals surface area contributed by atoms with Crippen LogP contribution in [0.4, 0.5) is 0 Å². The lowest BCUT2D eigenvalue weighted by Crippen LogP contribution is -1.95. The van der Waals surface area contributed by atoms with Crippen molar-refractivity contribution in [3.05, 3.63) is 0 Å². The zero-order chi connectivity index (χ0) is 9.03. The molecule has 0 bridgehead atoms. The first-order valence-corrected chi connectivity index (χ1v) is 5.55. The smallest absolute Gasteiger partial charge is 0.0756 e. The molecule has 1 fully saturated rings. The Morgan fingerprint density at radius 2 is 2.25 bits per heavy atom. The Balaban J connectivity index is 1.98. The average molecular weight is 204 g/mol. The molecule has 0 aromatic heterocycles. The Bertz CT molecular complexity index is 164. The van der Waals surface area contributed by atoms with Crippen molar-refractivity contribution in [1.29, 1.82) is 0 Å². The highest BCUT2D eigenvalue weighted by Crippen LogP contribution is 2.49. The highest BCUT2D eigenvalue weighted by molar-refractivity contribution is 8.20. The minimum Gasteiger partial charge on any atom is -0.313 e. The molecule has 1 rings (SSSR count). The fourth-order valence-electron chi connectivity index (χ4n) is 1.26. The molecule has 0 spiro atoms. The molecule has 0 atom stereocenters. The summed E-state index contributed by atoms with van der Waals surface area (Å²) in [5, 5.41) is 0. The Morgan fingerprint density at radius 3 is 2.75 bits per heavy atom. The van der Waals surface area contributed by atoms with Crippen molar-refractivity contribution >= 4 is 28.5 Å². The second-order valence-corrected chi connectivity index (χ2v) is 5.53. The van der Waals surface area contributed by atoms with Crippen LogP contribution >= 0.6 is 24.3 Å². The number of thiocarbonyl (C=S) groups is 1. The SMILES string of the molecule is COSC(=S)CCCC1(C)CC1. The molecule has 3 heteroatoms. The molecule has 12 heavy (non-hydrogen) atoms. The van der Waals surface area contributed by atoms with Gasteiger partial charge in [0.25, 0.3) is 0 Å². The van der Waals surface area contributed by atoms with Crippen molar-refractivity contribution in [1.82, 2.24) is 0 Å². The van der Waals surface area contributed by atoms with Gasteiger partial charge in [-0.1, -0.05) is 19.1 Å². The Morgan fingerprint density at radius 1 is 1.58 bits per heavy atom. The third-order valence-electron chi connectivity index (χ3n) is 2.44. The van der Waals surface area contributed by atoms with E-state index in [1.165, 1.54) is 37.7 Å². The molecule has 0 heterocycles. The maximum atomic E-state index is 5.10. The molecule has 0 N–H and O–H groups in total. The van der Waals surface area contributed by atoms with E-state index < -0.39 is 0 Å². The fraction of sp³-hybridized carbons (Fsp3) is 0.889. The maximum absolute atomic E-state index is 5.10. The summed E-state index contributed by atoms with van der Waals surface area (Å²) in [5.74, 6) is 0. The monoisotopic (exact) mass is 204 g/mol. The van der Waals surface area contributed by atoms with Crippen molar-refractivity contribution in [3.63, 3.8) is 0 Å². The van der Waals surface area contributed by atoms with E-state index in [1.54, 1.807) is 7.11 Å². The zero-order valence-corrected chi connectivity index (χ0v) is 9.39. The molecular weight excluding hydrogens is 188 g/mol. The minimum absolute atomic E-state index is 0.674. The highest BCUT2D eigenvalue weighted by Gasteiger charge is 2.36. The van der Waals surface area contributed by atoms with Gasteiger partial charge in [-0.05, 0) is 37.5 Å². The normalized spacial score (nSPS) is 19.2. The number of hydrogen-bond acceptors (Lipinski definition) is 3. The van der Waals surface area contributed by atoms with E-state index in [2.05, 4.69) is 6.92 Å². The van der Waals surface area contributed by atoms with Gasteiger partial charge < -0.3 is 4.18 Å². The van der Waals surface area contributed by atoms with Crippen LogP contribution in [0.1, 0.15) is 39.0 Å². The first-order chi connectivity index (χ1) is 5.66. The van der Waals surface area contributed by atoms with Crippen LogP contribution in [0, 0.1) is 5.41 Å². The average Bonchev–Trinajstić information content (AvgIpc) is 2.69. The molecule has 0 unspecified atom stereocenters. The zero-order valence-electron chi connectivity index (χ0n) is 7.76. The molecular formula is C9H16OS2. The van der Waals surface area contributed by atoms with Gasteiger partial charge in [0.1, 0.15) is 0 Å². The molecule has 1 aliphatic carbocycles. The largest absolute Gasteiger partial charge is 0.313 e. The predicted molar refractivity (Wildman–Crippen MR) is 58.4 cm³/mol. The van der Waals surface area contributed by atoms with E-state index in [1.807, 2.05) is 0 Å². The van der Waals surface area contributed by atoms with Crippen LogP contribution in [0.5, 0.6) is 0 Å². The first kappa shape index (κ1) is 10.5. The van der Waals surface area contributed by atoms with Gasteiger partial charge in [0.15, 0.2) is 0 Å². The molecule has 0 aromatic rings. The van der Waals surface area contributed by atoms with E-state index in [4.69, 9.17) is 16.4 Å². The molecule has 1 saturated carbocycles. The van der Waals surface area contributed by atoms with Gasteiger partial charge in [0, 0.05) is 12.0 Å².